The van der Waals surface area contributed by atoms with Crippen LogP contribution in [0.5, 0.6) is 0 Å². The average Bonchev–Trinajstić information content (AvgIpc) is 3.44. The number of carboxylic acids is 1. The van der Waals surface area contributed by atoms with Crippen molar-refractivity contribution in [2.75, 3.05) is 18.0 Å². The molecule has 1 aromatic carbocycles. The minimum absolute atomic E-state index is 0.450. The van der Waals surface area contributed by atoms with E-state index in [4.69, 9.17) is 14.8 Å². The second-order valence-corrected chi connectivity index (χ2v) is 11.2. The van der Waals surface area contributed by atoms with E-state index in [9.17, 15) is 9.90 Å². The molecule has 0 radical (unpaired) electrons. The third-order valence-electron chi connectivity index (χ3n) is 7.62. The Labute approximate surface area is 207 Å². The lowest BCUT2D eigenvalue weighted by Crippen LogP contribution is -2.41. The maximum atomic E-state index is 12.5. The fourth-order valence-electron chi connectivity index (χ4n) is 5.88. The van der Waals surface area contributed by atoms with Crippen molar-refractivity contribution < 1.29 is 14.6 Å². The van der Waals surface area contributed by atoms with Crippen LogP contribution in [-0.4, -0.2) is 44.4 Å². The van der Waals surface area contributed by atoms with Crippen molar-refractivity contribution in [3.05, 3.63) is 47.7 Å². The minimum atomic E-state index is -1.13. The number of anilines is 1. The van der Waals surface area contributed by atoms with Crippen molar-refractivity contribution in [3.8, 4) is 11.3 Å². The van der Waals surface area contributed by atoms with Crippen LogP contribution >= 0.6 is 0 Å². The first-order chi connectivity index (χ1) is 16.7. The van der Waals surface area contributed by atoms with E-state index < -0.39 is 17.7 Å². The Balaban J connectivity index is 1.66. The number of rotatable bonds is 5. The number of hydrogen-bond acceptors (Lipinski definition) is 5. The lowest BCUT2D eigenvalue weighted by Gasteiger charge is -2.41. The molecule has 1 unspecified atom stereocenters. The highest BCUT2D eigenvalue weighted by atomic mass is 16.5. The van der Waals surface area contributed by atoms with Gasteiger partial charge < -0.3 is 14.7 Å². The SMILES string of the molecule is Cc1nc2cc(-c3ccccc3)nn2c(N2CCC3(CCCC3)CC2)c1C(OC(C)(C)C)C(=O)O. The molecule has 2 aliphatic rings. The van der Waals surface area contributed by atoms with Gasteiger partial charge in [-0.1, -0.05) is 43.2 Å². The molecule has 1 N–H and O–H groups in total. The molecule has 3 aromatic rings. The van der Waals surface area contributed by atoms with Crippen LogP contribution < -0.4 is 4.90 Å². The van der Waals surface area contributed by atoms with Crippen LogP contribution in [0.1, 0.15) is 76.7 Å². The summed E-state index contributed by atoms with van der Waals surface area (Å²) in [7, 11) is 0. The van der Waals surface area contributed by atoms with Gasteiger partial charge in [-0.3, -0.25) is 0 Å². The van der Waals surface area contributed by atoms with Gasteiger partial charge in [-0.15, -0.1) is 0 Å². The van der Waals surface area contributed by atoms with E-state index in [1.807, 2.05) is 68.6 Å². The number of aryl methyl sites for hydroxylation is 1. The first kappa shape index (κ1) is 23.8. The van der Waals surface area contributed by atoms with Crippen LogP contribution in [0.3, 0.4) is 0 Å². The molecule has 7 nitrogen and oxygen atoms in total. The summed E-state index contributed by atoms with van der Waals surface area (Å²) >= 11 is 0. The first-order valence-corrected chi connectivity index (χ1v) is 12.8. The zero-order valence-corrected chi connectivity index (χ0v) is 21.3. The van der Waals surface area contributed by atoms with Gasteiger partial charge in [-0.2, -0.15) is 9.61 Å². The van der Waals surface area contributed by atoms with E-state index in [1.54, 1.807) is 0 Å². The number of fused-ring (bicyclic) bond motifs is 1. The molecule has 2 aromatic heterocycles. The van der Waals surface area contributed by atoms with Crippen LogP contribution in [0.4, 0.5) is 5.82 Å². The van der Waals surface area contributed by atoms with E-state index in [0.29, 0.717) is 16.7 Å². The molecular formula is C28H36N4O3. The Morgan fingerprint density at radius 1 is 1.09 bits per heavy atom. The first-order valence-electron chi connectivity index (χ1n) is 12.8. The largest absolute Gasteiger partial charge is 0.479 e. The quantitative estimate of drug-likeness (QED) is 0.501. The predicted molar refractivity (Wildman–Crippen MR) is 137 cm³/mol. The van der Waals surface area contributed by atoms with Crippen LogP contribution in [0, 0.1) is 12.3 Å². The molecule has 5 rings (SSSR count). The third-order valence-corrected chi connectivity index (χ3v) is 7.62. The number of piperidine rings is 1. The molecule has 1 saturated heterocycles. The summed E-state index contributed by atoms with van der Waals surface area (Å²) in [6.07, 6.45) is 6.38. The number of ether oxygens (including phenoxy) is 1. The number of nitrogens with zero attached hydrogens (tertiary/aromatic N) is 4. The van der Waals surface area contributed by atoms with Crippen LogP contribution in [-0.2, 0) is 9.53 Å². The van der Waals surface area contributed by atoms with Crippen molar-refractivity contribution in [1.29, 1.82) is 0 Å². The Kier molecular flexibility index (Phi) is 6.08. The van der Waals surface area contributed by atoms with Gasteiger partial charge in [0.15, 0.2) is 11.8 Å². The molecule has 1 spiro atoms. The number of hydrogen-bond donors (Lipinski definition) is 1. The van der Waals surface area contributed by atoms with E-state index in [2.05, 4.69) is 4.90 Å². The summed E-state index contributed by atoms with van der Waals surface area (Å²) in [6.45, 7) is 9.31. The molecule has 7 heteroatoms. The zero-order valence-electron chi connectivity index (χ0n) is 21.3. The van der Waals surface area contributed by atoms with Crippen LogP contribution in [0.15, 0.2) is 36.4 Å². The fourth-order valence-corrected chi connectivity index (χ4v) is 5.88. The topological polar surface area (TPSA) is 80.0 Å². The van der Waals surface area contributed by atoms with E-state index in [1.165, 1.54) is 25.7 Å². The molecule has 3 heterocycles. The van der Waals surface area contributed by atoms with Gasteiger partial charge in [0.1, 0.15) is 5.82 Å². The predicted octanol–water partition coefficient (Wildman–Crippen LogP) is 5.81. The normalized spacial score (nSPS) is 18.9. The molecule has 2 fully saturated rings. The Morgan fingerprint density at radius 3 is 2.34 bits per heavy atom. The number of aromatic nitrogens is 3. The molecule has 1 aliphatic carbocycles. The van der Waals surface area contributed by atoms with E-state index >= 15 is 0 Å². The highest BCUT2D eigenvalue weighted by Crippen LogP contribution is 2.47. The molecule has 1 atom stereocenters. The Hall–Kier alpha value is -2.93. The highest BCUT2D eigenvalue weighted by Gasteiger charge is 2.40. The Morgan fingerprint density at radius 2 is 1.74 bits per heavy atom. The zero-order chi connectivity index (χ0) is 24.8. The van der Waals surface area contributed by atoms with Gasteiger partial charge in [0, 0.05) is 30.4 Å². The van der Waals surface area contributed by atoms with Crippen molar-refractivity contribution in [2.24, 2.45) is 5.41 Å². The van der Waals surface area contributed by atoms with Crippen molar-refractivity contribution in [1.82, 2.24) is 14.6 Å². The molecular weight excluding hydrogens is 440 g/mol. The highest BCUT2D eigenvalue weighted by molar-refractivity contribution is 5.79. The average molecular weight is 477 g/mol. The van der Waals surface area contributed by atoms with Gasteiger partial charge in [-0.25, -0.2) is 9.78 Å². The third kappa shape index (κ3) is 4.66. The standard InChI is InChI=1S/C28H36N4O3/c1-19-23(24(26(33)34)35-27(2,3)4)25(31-16-14-28(15-17-31)12-8-9-13-28)32-22(29-19)18-21(30-32)20-10-6-5-7-11-20/h5-7,10-11,18,24H,8-9,12-17H2,1-4H3,(H,33,34). The lowest BCUT2D eigenvalue weighted by atomic mass is 9.77. The van der Waals surface area contributed by atoms with Gasteiger partial charge in [0.05, 0.1) is 16.9 Å². The molecule has 186 valence electrons. The maximum Gasteiger partial charge on any atom is 0.337 e. The van der Waals surface area contributed by atoms with Gasteiger partial charge in [0.2, 0.25) is 0 Å². The summed E-state index contributed by atoms with van der Waals surface area (Å²) in [5.74, 6) is -0.204. The minimum Gasteiger partial charge on any atom is -0.479 e. The van der Waals surface area contributed by atoms with Crippen LogP contribution in [0.2, 0.25) is 0 Å². The molecule has 1 aliphatic heterocycles. The second-order valence-electron chi connectivity index (χ2n) is 11.2. The molecule has 35 heavy (non-hydrogen) atoms. The van der Waals surface area contributed by atoms with E-state index in [-0.39, 0.29) is 0 Å². The summed E-state index contributed by atoms with van der Waals surface area (Å²) in [5.41, 5.74) is 3.65. The second kappa shape index (κ2) is 8.94. The molecule has 0 bridgehead atoms. The van der Waals surface area contributed by atoms with E-state index in [0.717, 1.165) is 48.7 Å². The van der Waals surface area contributed by atoms with Gasteiger partial charge in [-0.05, 0) is 58.8 Å². The summed E-state index contributed by atoms with van der Waals surface area (Å²) in [6, 6.07) is 12.0. The number of benzene rings is 1. The van der Waals surface area contributed by atoms with Crippen molar-refractivity contribution >= 4 is 17.4 Å². The number of carbonyl (C=O) groups is 1. The molecule has 0 amide bonds. The summed E-state index contributed by atoms with van der Waals surface area (Å²) < 4.78 is 7.97. The van der Waals surface area contributed by atoms with Crippen molar-refractivity contribution in [3.63, 3.8) is 0 Å². The smallest absolute Gasteiger partial charge is 0.337 e. The number of carboxylic acid groups (broad SMARTS) is 1. The molecule has 1 saturated carbocycles. The Bertz CT molecular complexity index is 1210. The summed E-state index contributed by atoms with van der Waals surface area (Å²) in [5, 5.41) is 15.2. The number of aliphatic carboxylic acids is 1. The van der Waals surface area contributed by atoms with Gasteiger partial charge in [0.25, 0.3) is 0 Å². The van der Waals surface area contributed by atoms with Crippen LogP contribution in [0.25, 0.3) is 16.9 Å². The monoisotopic (exact) mass is 476 g/mol. The summed E-state index contributed by atoms with van der Waals surface area (Å²) in [4.78, 5) is 19.7. The lowest BCUT2D eigenvalue weighted by molar-refractivity contribution is -0.160. The van der Waals surface area contributed by atoms with Crippen molar-refractivity contribution in [2.45, 2.75) is 77.9 Å². The van der Waals surface area contributed by atoms with Gasteiger partial charge >= 0.3 is 5.97 Å². The fraction of sp³-hybridized carbons (Fsp3) is 0.536. The maximum absolute atomic E-state index is 12.5.